The fourth-order valence-electron chi connectivity index (χ4n) is 2.91. The van der Waals surface area contributed by atoms with E-state index < -0.39 is 5.97 Å². The Morgan fingerprint density at radius 2 is 2.26 bits per heavy atom. The Morgan fingerprint density at radius 1 is 1.53 bits per heavy atom. The van der Waals surface area contributed by atoms with Crippen molar-refractivity contribution in [3.8, 4) is 0 Å². The van der Waals surface area contributed by atoms with Crippen molar-refractivity contribution in [1.82, 2.24) is 4.90 Å². The second kappa shape index (κ2) is 6.53. The van der Waals surface area contributed by atoms with Crippen molar-refractivity contribution < 1.29 is 9.90 Å². The summed E-state index contributed by atoms with van der Waals surface area (Å²) in [4.78, 5) is 13.5. The number of piperidine rings is 1. The molecule has 0 radical (unpaired) electrons. The fourth-order valence-corrected chi connectivity index (χ4v) is 3.46. The van der Waals surface area contributed by atoms with E-state index in [1.165, 1.54) is 5.56 Å². The van der Waals surface area contributed by atoms with E-state index in [9.17, 15) is 9.90 Å². The number of likely N-dealkylation sites (tertiary alicyclic amines) is 1. The topological polar surface area (TPSA) is 40.5 Å². The normalized spacial score (nSPS) is 22.1. The Balaban J connectivity index is 2.18. The Bertz CT molecular complexity index is 450. The van der Waals surface area contributed by atoms with Crippen LogP contribution in [-0.2, 0) is 4.79 Å². The molecule has 2 unspecified atom stereocenters. The summed E-state index contributed by atoms with van der Waals surface area (Å²) in [7, 11) is 0. The van der Waals surface area contributed by atoms with Crippen LogP contribution < -0.4 is 0 Å². The van der Waals surface area contributed by atoms with Crippen LogP contribution in [0.5, 0.6) is 0 Å². The van der Waals surface area contributed by atoms with Crippen LogP contribution in [0.2, 0.25) is 0 Å². The Morgan fingerprint density at radius 3 is 2.89 bits per heavy atom. The van der Waals surface area contributed by atoms with E-state index in [4.69, 9.17) is 0 Å². The minimum atomic E-state index is -0.660. The van der Waals surface area contributed by atoms with E-state index in [0.29, 0.717) is 12.6 Å². The van der Waals surface area contributed by atoms with E-state index in [2.05, 4.69) is 39.9 Å². The van der Waals surface area contributed by atoms with Gasteiger partial charge >= 0.3 is 5.97 Å². The van der Waals surface area contributed by atoms with Crippen molar-refractivity contribution in [2.45, 2.75) is 32.2 Å². The van der Waals surface area contributed by atoms with Gasteiger partial charge in [-0.2, -0.15) is 0 Å². The summed E-state index contributed by atoms with van der Waals surface area (Å²) in [5, 5.41) is 9.20. The largest absolute Gasteiger partial charge is 0.481 e. The Kier molecular flexibility index (Phi) is 4.99. The average molecular weight is 326 g/mol. The number of rotatable bonds is 4. The highest BCUT2D eigenvalue weighted by atomic mass is 79.9. The molecule has 1 aliphatic rings. The number of aliphatic carboxylic acids is 1. The first-order valence-electron chi connectivity index (χ1n) is 6.84. The first-order chi connectivity index (χ1) is 9.13. The minimum Gasteiger partial charge on any atom is -0.481 e. The van der Waals surface area contributed by atoms with Crippen molar-refractivity contribution >= 4 is 21.9 Å². The second-order valence-electron chi connectivity index (χ2n) is 5.12. The van der Waals surface area contributed by atoms with Crippen LogP contribution in [0, 0.1) is 5.92 Å². The Hall–Kier alpha value is -0.870. The molecule has 1 aromatic carbocycles. The van der Waals surface area contributed by atoms with Crippen molar-refractivity contribution in [1.29, 1.82) is 0 Å². The van der Waals surface area contributed by atoms with Crippen LogP contribution in [-0.4, -0.2) is 29.1 Å². The molecule has 2 atom stereocenters. The van der Waals surface area contributed by atoms with Gasteiger partial charge in [0, 0.05) is 17.1 Å². The maximum absolute atomic E-state index is 11.2. The predicted octanol–water partition coefficient (Wildman–Crippen LogP) is 3.70. The highest BCUT2D eigenvalue weighted by molar-refractivity contribution is 9.10. The molecule has 1 heterocycles. The lowest BCUT2D eigenvalue weighted by Gasteiger charge is -2.37. The molecule has 0 aromatic heterocycles. The molecule has 104 valence electrons. The minimum absolute atomic E-state index is 0.217. The average Bonchev–Trinajstić information content (AvgIpc) is 2.42. The van der Waals surface area contributed by atoms with Gasteiger partial charge in [0.2, 0.25) is 0 Å². The van der Waals surface area contributed by atoms with Crippen molar-refractivity contribution in [3.05, 3.63) is 34.3 Å². The first-order valence-corrected chi connectivity index (χ1v) is 7.64. The lowest BCUT2D eigenvalue weighted by atomic mass is 9.94. The summed E-state index contributed by atoms with van der Waals surface area (Å²) in [6, 6.07) is 8.54. The third kappa shape index (κ3) is 3.37. The van der Waals surface area contributed by atoms with Crippen molar-refractivity contribution in [2.24, 2.45) is 5.92 Å². The molecule has 0 saturated carbocycles. The third-order valence-electron chi connectivity index (χ3n) is 3.89. The van der Waals surface area contributed by atoms with Crippen LogP contribution in [0.3, 0.4) is 0 Å². The lowest BCUT2D eigenvalue weighted by molar-refractivity contribution is -0.144. The monoisotopic (exact) mass is 325 g/mol. The van der Waals surface area contributed by atoms with Gasteiger partial charge in [-0.3, -0.25) is 9.69 Å². The van der Waals surface area contributed by atoms with E-state index in [0.717, 1.165) is 30.3 Å². The smallest absolute Gasteiger partial charge is 0.307 e. The standard InChI is InChI=1S/C15H20BrNO2/c1-2-14(12-7-3-4-8-13(12)16)17-9-5-6-11(10-17)15(18)19/h3-4,7-8,11,14H,2,5-6,9-10H2,1H3,(H,18,19). The van der Waals surface area contributed by atoms with Gasteiger partial charge in [-0.15, -0.1) is 0 Å². The molecule has 2 rings (SSSR count). The van der Waals surface area contributed by atoms with E-state index >= 15 is 0 Å². The van der Waals surface area contributed by atoms with E-state index in [1.807, 2.05) is 12.1 Å². The predicted molar refractivity (Wildman–Crippen MR) is 79.1 cm³/mol. The van der Waals surface area contributed by atoms with Crippen LogP contribution in [0.25, 0.3) is 0 Å². The summed E-state index contributed by atoms with van der Waals surface area (Å²) in [5.74, 6) is -0.878. The number of benzene rings is 1. The number of carboxylic acid groups (broad SMARTS) is 1. The zero-order valence-electron chi connectivity index (χ0n) is 11.2. The second-order valence-corrected chi connectivity index (χ2v) is 5.97. The lowest BCUT2D eigenvalue weighted by Crippen LogP contribution is -2.40. The molecule has 4 heteroatoms. The van der Waals surface area contributed by atoms with Gasteiger partial charge in [0.25, 0.3) is 0 Å². The van der Waals surface area contributed by atoms with Crippen LogP contribution in [0.4, 0.5) is 0 Å². The van der Waals surface area contributed by atoms with Crippen LogP contribution in [0.15, 0.2) is 28.7 Å². The summed E-state index contributed by atoms with van der Waals surface area (Å²) in [6.07, 6.45) is 2.77. The van der Waals surface area contributed by atoms with Crippen LogP contribution >= 0.6 is 15.9 Å². The summed E-state index contributed by atoms with van der Waals surface area (Å²) in [5.41, 5.74) is 1.26. The molecule has 0 aliphatic carbocycles. The maximum atomic E-state index is 11.2. The van der Waals surface area contributed by atoms with Gasteiger partial charge in [-0.05, 0) is 37.4 Å². The molecule has 1 fully saturated rings. The van der Waals surface area contributed by atoms with Gasteiger partial charge in [0.05, 0.1) is 5.92 Å². The quantitative estimate of drug-likeness (QED) is 0.917. The Labute approximate surface area is 122 Å². The molecule has 1 aliphatic heterocycles. The van der Waals surface area contributed by atoms with Gasteiger partial charge < -0.3 is 5.11 Å². The zero-order valence-corrected chi connectivity index (χ0v) is 12.8. The molecular weight excluding hydrogens is 306 g/mol. The number of carboxylic acids is 1. The molecule has 0 amide bonds. The number of carbonyl (C=O) groups is 1. The summed E-state index contributed by atoms with van der Waals surface area (Å²) >= 11 is 3.61. The summed E-state index contributed by atoms with van der Waals surface area (Å²) < 4.78 is 1.11. The van der Waals surface area contributed by atoms with Crippen molar-refractivity contribution in [3.63, 3.8) is 0 Å². The molecule has 0 spiro atoms. The molecule has 3 nitrogen and oxygen atoms in total. The van der Waals surface area contributed by atoms with E-state index in [1.54, 1.807) is 0 Å². The molecule has 1 saturated heterocycles. The molecule has 1 aromatic rings. The zero-order chi connectivity index (χ0) is 13.8. The SMILES string of the molecule is CCC(c1ccccc1Br)N1CCCC(C(=O)O)C1. The van der Waals surface area contributed by atoms with Crippen LogP contribution in [0.1, 0.15) is 37.8 Å². The maximum Gasteiger partial charge on any atom is 0.307 e. The number of hydrogen-bond donors (Lipinski definition) is 1. The highest BCUT2D eigenvalue weighted by Gasteiger charge is 2.30. The third-order valence-corrected chi connectivity index (χ3v) is 4.62. The number of hydrogen-bond acceptors (Lipinski definition) is 2. The molecular formula is C15H20BrNO2. The van der Waals surface area contributed by atoms with Gasteiger partial charge in [-0.25, -0.2) is 0 Å². The fraction of sp³-hybridized carbons (Fsp3) is 0.533. The summed E-state index contributed by atoms with van der Waals surface area (Å²) in [6.45, 7) is 3.81. The molecule has 0 bridgehead atoms. The van der Waals surface area contributed by atoms with Crippen molar-refractivity contribution in [2.75, 3.05) is 13.1 Å². The molecule has 1 N–H and O–H groups in total. The van der Waals surface area contributed by atoms with Gasteiger partial charge in [0.1, 0.15) is 0 Å². The number of nitrogens with zero attached hydrogens (tertiary/aromatic N) is 1. The molecule has 19 heavy (non-hydrogen) atoms. The van der Waals surface area contributed by atoms with Gasteiger partial charge in [-0.1, -0.05) is 41.1 Å². The highest BCUT2D eigenvalue weighted by Crippen LogP contribution is 2.33. The van der Waals surface area contributed by atoms with Gasteiger partial charge in [0.15, 0.2) is 0 Å². The first kappa shape index (κ1) is 14.5. The van der Waals surface area contributed by atoms with E-state index in [-0.39, 0.29) is 5.92 Å². The number of halogens is 1.